The van der Waals surface area contributed by atoms with Crippen molar-refractivity contribution in [2.45, 2.75) is 31.2 Å². The normalized spacial score (nSPS) is 19.1. The highest BCUT2D eigenvalue weighted by atomic mass is 19.4. The number of fused-ring (bicyclic) bond motifs is 1. The summed E-state index contributed by atoms with van der Waals surface area (Å²) in [6, 6.07) is 8.04. The van der Waals surface area contributed by atoms with Crippen molar-refractivity contribution >= 4 is 23.0 Å². The number of benzene rings is 2. The molecule has 0 unspecified atom stereocenters. The quantitative estimate of drug-likeness (QED) is 0.141. The van der Waals surface area contributed by atoms with Crippen LogP contribution in [0, 0.1) is 0 Å². The molecule has 2 aliphatic heterocycles. The lowest BCUT2D eigenvalue weighted by Gasteiger charge is -2.41. The van der Waals surface area contributed by atoms with Crippen molar-refractivity contribution in [3.8, 4) is 0 Å². The van der Waals surface area contributed by atoms with E-state index in [4.69, 9.17) is 9.57 Å². The Morgan fingerprint density at radius 1 is 0.978 bits per heavy atom. The number of alkyl halides is 6. The second kappa shape index (κ2) is 14.2. The Bertz CT molecular complexity index is 1440. The maximum Gasteiger partial charge on any atom is 0.416 e. The average Bonchev–Trinajstić information content (AvgIpc) is 3.42. The van der Waals surface area contributed by atoms with E-state index < -0.39 is 41.0 Å². The molecule has 14 heteroatoms. The van der Waals surface area contributed by atoms with Crippen LogP contribution in [0.3, 0.4) is 0 Å². The molecule has 1 aromatic heterocycles. The van der Waals surface area contributed by atoms with Gasteiger partial charge in [-0.25, -0.2) is 0 Å². The zero-order chi connectivity index (χ0) is 32.0. The number of ether oxygens (including phenoxy) is 1. The average molecular weight is 640 g/mol. The highest BCUT2D eigenvalue weighted by Crippen LogP contribution is 2.37. The number of rotatable bonds is 10. The molecule has 8 nitrogen and oxygen atoms in total. The van der Waals surface area contributed by atoms with Gasteiger partial charge in [0.2, 0.25) is 0 Å². The molecule has 0 spiro atoms. The molecule has 5 rings (SSSR count). The Labute approximate surface area is 256 Å². The van der Waals surface area contributed by atoms with Gasteiger partial charge in [-0.3, -0.25) is 14.6 Å². The van der Waals surface area contributed by atoms with Crippen molar-refractivity contribution in [2.24, 2.45) is 5.16 Å². The summed E-state index contributed by atoms with van der Waals surface area (Å²) in [6.45, 7) is 5.79. The fraction of sp³-hybridized carbons (Fsp3) is 0.484. The number of para-hydroxylation sites is 1. The Hall–Kier alpha value is -3.62. The number of amides is 1. The highest BCUT2D eigenvalue weighted by Gasteiger charge is 2.39. The van der Waals surface area contributed by atoms with Gasteiger partial charge in [0.15, 0.2) is 0 Å². The minimum absolute atomic E-state index is 0.0299. The van der Waals surface area contributed by atoms with E-state index in [0.717, 1.165) is 55.7 Å². The van der Waals surface area contributed by atoms with E-state index in [9.17, 15) is 31.1 Å². The Kier molecular flexibility index (Phi) is 10.3. The number of nitrogens with one attached hydrogen (secondary N) is 1. The van der Waals surface area contributed by atoms with E-state index >= 15 is 0 Å². The molecule has 1 N–H and O–H groups in total. The maximum absolute atomic E-state index is 13.7. The minimum atomic E-state index is -5.05. The number of nitrogens with zero attached hydrogens (tertiary/aromatic N) is 4. The predicted octanol–water partition coefficient (Wildman–Crippen LogP) is 5.30. The number of carbonyl (C=O) groups excluding carboxylic acids is 1. The van der Waals surface area contributed by atoms with Gasteiger partial charge >= 0.3 is 12.4 Å². The summed E-state index contributed by atoms with van der Waals surface area (Å²) in [4.78, 5) is 27.9. The molecule has 45 heavy (non-hydrogen) atoms. The van der Waals surface area contributed by atoms with Crippen molar-refractivity contribution < 1.29 is 40.7 Å². The number of aromatic nitrogens is 1. The van der Waals surface area contributed by atoms with Crippen LogP contribution in [-0.2, 0) is 28.3 Å². The van der Waals surface area contributed by atoms with Gasteiger partial charge in [0.25, 0.3) is 5.91 Å². The summed E-state index contributed by atoms with van der Waals surface area (Å²) in [5.41, 5.74) is -1.93. The standard InChI is InChI=1S/C31H35F6N5O3/c32-30(33,34)24-16-22(17-25(19-24)31(35,36)37)29(43)42-10-9-41(8-6-39-45-13-3-7-40-11-14-44-15-12-40)21-26(42)18-23-20-38-28-5-2-1-4-27(23)28/h1-2,4-6,16-17,19-20,26,38H,3,7-15,18,21H2/b39-6-/t26-/m1/s1. The number of carbonyl (C=O) groups is 1. The summed E-state index contributed by atoms with van der Waals surface area (Å²) < 4.78 is 86.6. The topological polar surface area (TPSA) is 73.4 Å². The maximum atomic E-state index is 13.7. The highest BCUT2D eigenvalue weighted by molar-refractivity contribution is 5.95. The minimum Gasteiger partial charge on any atom is -0.396 e. The predicted molar refractivity (Wildman–Crippen MR) is 156 cm³/mol. The zero-order valence-corrected chi connectivity index (χ0v) is 24.5. The van der Waals surface area contributed by atoms with Crippen LogP contribution >= 0.6 is 0 Å². The Balaban J connectivity index is 1.29. The van der Waals surface area contributed by atoms with Gasteiger partial charge in [0.05, 0.1) is 30.6 Å². The number of hydrogen-bond donors (Lipinski definition) is 1. The van der Waals surface area contributed by atoms with Crippen molar-refractivity contribution in [1.82, 2.24) is 19.7 Å². The first-order valence-electron chi connectivity index (χ1n) is 14.8. The molecule has 3 heterocycles. The number of H-pyrrole nitrogens is 1. The van der Waals surface area contributed by atoms with E-state index in [1.165, 1.54) is 4.90 Å². The fourth-order valence-electron chi connectivity index (χ4n) is 5.76. The van der Waals surface area contributed by atoms with Gasteiger partial charge in [0.1, 0.15) is 6.61 Å². The number of morpholine rings is 1. The first-order valence-corrected chi connectivity index (χ1v) is 14.8. The Morgan fingerprint density at radius 2 is 1.69 bits per heavy atom. The summed E-state index contributed by atoms with van der Waals surface area (Å²) in [7, 11) is 0. The molecule has 2 aliphatic rings. The summed E-state index contributed by atoms with van der Waals surface area (Å²) in [5.74, 6) is -0.881. The molecule has 0 bridgehead atoms. The molecule has 2 aromatic carbocycles. The van der Waals surface area contributed by atoms with Crippen LogP contribution in [0.25, 0.3) is 10.9 Å². The molecule has 0 radical (unpaired) electrons. The van der Waals surface area contributed by atoms with Crippen LogP contribution < -0.4 is 0 Å². The molecule has 3 aromatic rings. The van der Waals surface area contributed by atoms with Gasteiger partial charge in [-0.2, -0.15) is 26.3 Å². The molecule has 0 aliphatic carbocycles. The number of hydrogen-bond acceptors (Lipinski definition) is 6. The van der Waals surface area contributed by atoms with Crippen molar-refractivity contribution in [3.05, 3.63) is 70.9 Å². The number of halogens is 6. The Morgan fingerprint density at radius 3 is 2.40 bits per heavy atom. The molecule has 0 saturated carbocycles. The first-order chi connectivity index (χ1) is 21.5. The SMILES string of the molecule is O=C(c1cc(C(F)(F)F)cc(C(F)(F)F)c1)N1CCN(C/C=N\OCCCN2CCOCC2)C[C@H]1Cc1c[nH]c2ccccc12. The monoisotopic (exact) mass is 639 g/mol. The van der Waals surface area contributed by atoms with Crippen LogP contribution in [0.15, 0.2) is 53.8 Å². The smallest absolute Gasteiger partial charge is 0.396 e. The van der Waals surface area contributed by atoms with Gasteiger partial charge in [0, 0.05) is 74.5 Å². The van der Waals surface area contributed by atoms with Crippen molar-refractivity contribution in [2.75, 3.05) is 65.6 Å². The van der Waals surface area contributed by atoms with E-state index in [0.29, 0.717) is 44.8 Å². The summed E-state index contributed by atoms with van der Waals surface area (Å²) in [6.07, 6.45) is -5.52. The van der Waals surface area contributed by atoms with Gasteiger partial charge in [-0.1, -0.05) is 23.4 Å². The first kappa shape index (κ1) is 32.8. The molecular formula is C31H35F6N5O3. The van der Waals surface area contributed by atoms with E-state index in [1.54, 1.807) is 6.21 Å². The van der Waals surface area contributed by atoms with Crippen molar-refractivity contribution in [3.63, 3.8) is 0 Å². The largest absolute Gasteiger partial charge is 0.416 e. The van der Waals surface area contributed by atoms with Gasteiger partial charge < -0.3 is 19.5 Å². The third-order valence-corrected chi connectivity index (χ3v) is 8.10. The second-order valence-electron chi connectivity index (χ2n) is 11.2. The summed E-state index contributed by atoms with van der Waals surface area (Å²) in [5, 5.41) is 4.97. The number of piperazine rings is 1. The third kappa shape index (κ3) is 8.56. The van der Waals surface area contributed by atoms with Gasteiger partial charge in [-0.15, -0.1) is 0 Å². The molecular weight excluding hydrogens is 604 g/mol. The summed E-state index contributed by atoms with van der Waals surface area (Å²) >= 11 is 0. The van der Waals surface area contributed by atoms with E-state index in [1.807, 2.05) is 35.4 Å². The van der Waals surface area contributed by atoms with Crippen LogP contribution in [0.5, 0.6) is 0 Å². The number of oxime groups is 1. The lowest BCUT2D eigenvalue weighted by molar-refractivity contribution is -0.143. The molecule has 1 amide bonds. The van der Waals surface area contributed by atoms with Crippen LogP contribution in [0.1, 0.15) is 33.5 Å². The fourth-order valence-corrected chi connectivity index (χ4v) is 5.76. The molecule has 2 fully saturated rings. The van der Waals surface area contributed by atoms with E-state index in [-0.39, 0.29) is 12.6 Å². The second-order valence-corrected chi connectivity index (χ2v) is 11.2. The zero-order valence-electron chi connectivity index (χ0n) is 24.5. The molecule has 244 valence electrons. The lowest BCUT2D eigenvalue weighted by atomic mass is 9.98. The lowest BCUT2D eigenvalue weighted by Crippen LogP contribution is -2.56. The van der Waals surface area contributed by atoms with Crippen LogP contribution in [0.4, 0.5) is 26.3 Å². The third-order valence-electron chi connectivity index (χ3n) is 8.10. The van der Waals surface area contributed by atoms with Crippen LogP contribution in [0.2, 0.25) is 0 Å². The molecule has 1 atom stereocenters. The van der Waals surface area contributed by atoms with Gasteiger partial charge in [-0.05, 0) is 42.7 Å². The van der Waals surface area contributed by atoms with Crippen molar-refractivity contribution in [1.29, 1.82) is 0 Å². The van der Waals surface area contributed by atoms with Crippen LogP contribution in [-0.4, -0.2) is 103 Å². The molecule has 2 saturated heterocycles. The number of aromatic amines is 1. The van der Waals surface area contributed by atoms with E-state index in [2.05, 4.69) is 15.0 Å².